The number of piperidine rings is 1. The van der Waals surface area contributed by atoms with Crippen LogP contribution in [-0.2, 0) is 12.1 Å². The van der Waals surface area contributed by atoms with Crippen LogP contribution in [-0.4, -0.2) is 46.8 Å². The van der Waals surface area contributed by atoms with Crippen molar-refractivity contribution in [3.8, 4) is 11.5 Å². The van der Waals surface area contributed by atoms with Gasteiger partial charge in [-0.25, -0.2) is 0 Å². The summed E-state index contributed by atoms with van der Waals surface area (Å²) in [6.07, 6.45) is 6.81. The van der Waals surface area contributed by atoms with Crippen molar-refractivity contribution >= 4 is 17.2 Å². The lowest BCUT2D eigenvalue weighted by Gasteiger charge is -2.39. The highest BCUT2D eigenvalue weighted by Gasteiger charge is 2.32. The Hall–Kier alpha value is -2.90. The standard InChI is InChI=1S/C31H36ClN3O3/c1-30(2,36)21-38-24-11-12-29-27(19-24)25(26-5-3-15-34-28(26)20-37-29)6-4-16-35-17-13-31(33,14-18-35)22-7-9-23(32)10-8-22/h3,5-12,15,19,36H,4,13-14,16-18,20-21,33H2,1-2H3/b25-6+. The van der Waals surface area contributed by atoms with Crippen LogP contribution >= 0.6 is 11.6 Å². The largest absolute Gasteiger partial charge is 0.491 e. The minimum Gasteiger partial charge on any atom is -0.491 e. The number of aliphatic hydroxyl groups is 1. The first-order valence-electron chi connectivity index (χ1n) is 13.2. The van der Waals surface area contributed by atoms with Crippen molar-refractivity contribution in [2.45, 2.75) is 50.9 Å². The molecule has 0 atom stereocenters. The summed E-state index contributed by atoms with van der Waals surface area (Å²) in [6.45, 7) is 6.94. The highest BCUT2D eigenvalue weighted by Crippen LogP contribution is 2.39. The summed E-state index contributed by atoms with van der Waals surface area (Å²) in [7, 11) is 0. The second-order valence-corrected chi connectivity index (χ2v) is 11.4. The van der Waals surface area contributed by atoms with Crippen LogP contribution in [0, 0.1) is 0 Å². The molecule has 1 fully saturated rings. The molecule has 6 nitrogen and oxygen atoms in total. The molecule has 38 heavy (non-hydrogen) atoms. The number of benzene rings is 2. The van der Waals surface area contributed by atoms with Crippen molar-refractivity contribution in [1.82, 2.24) is 9.88 Å². The van der Waals surface area contributed by atoms with Gasteiger partial charge in [0.25, 0.3) is 0 Å². The van der Waals surface area contributed by atoms with Crippen molar-refractivity contribution in [1.29, 1.82) is 0 Å². The van der Waals surface area contributed by atoms with Gasteiger partial charge in [0.05, 0.1) is 11.3 Å². The Morgan fingerprint density at radius 2 is 1.89 bits per heavy atom. The summed E-state index contributed by atoms with van der Waals surface area (Å²) in [5, 5.41) is 10.8. The molecule has 1 saturated heterocycles. The summed E-state index contributed by atoms with van der Waals surface area (Å²) in [6, 6.07) is 17.9. The summed E-state index contributed by atoms with van der Waals surface area (Å²) >= 11 is 6.07. The highest BCUT2D eigenvalue weighted by atomic mass is 35.5. The Kier molecular flexibility index (Phi) is 7.78. The number of nitrogens with zero attached hydrogens (tertiary/aromatic N) is 2. The maximum Gasteiger partial charge on any atom is 0.131 e. The third kappa shape index (κ3) is 6.21. The van der Waals surface area contributed by atoms with E-state index in [1.54, 1.807) is 20.0 Å². The van der Waals surface area contributed by atoms with Crippen molar-refractivity contribution in [3.05, 3.63) is 94.3 Å². The van der Waals surface area contributed by atoms with Crippen molar-refractivity contribution < 1.29 is 14.6 Å². The smallest absolute Gasteiger partial charge is 0.131 e. The molecule has 0 spiro atoms. The predicted molar refractivity (Wildman–Crippen MR) is 151 cm³/mol. The third-order valence-corrected chi connectivity index (χ3v) is 7.59. The van der Waals surface area contributed by atoms with Crippen LogP contribution in [0.1, 0.15) is 55.5 Å². The second-order valence-electron chi connectivity index (χ2n) is 11.0. The number of likely N-dealkylation sites (tertiary alicyclic amines) is 1. The molecule has 3 heterocycles. The number of rotatable bonds is 7. The average molecular weight is 534 g/mol. The van der Waals surface area contributed by atoms with Gasteiger partial charge in [0.1, 0.15) is 24.7 Å². The zero-order valence-corrected chi connectivity index (χ0v) is 22.9. The van der Waals surface area contributed by atoms with Gasteiger partial charge in [-0.3, -0.25) is 4.98 Å². The van der Waals surface area contributed by atoms with Crippen molar-refractivity contribution in [3.63, 3.8) is 0 Å². The topological polar surface area (TPSA) is 80.8 Å². The first kappa shape index (κ1) is 26.7. The van der Waals surface area contributed by atoms with Gasteiger partial charge >= 0.3 is 0 Å². The van der Waals surface area contributed by atoms with E-state index in [9.17, 15) is 5.11 Å². The Morgan fingerprint density at radius 1 is 1.13 bits per heavy atom. The molecule has 1 aromatic heterocycles. The zero-order valence-electron chi connectivity index (χ0n) is 22.1. The van der Waals surface area contributed by atoms with Crippen LogP contribution in [0.3, 0.4) is 0 Å². The Bertz CT molecular complexity index is 1290. The lowest BCUT2D eigenvalue weighted by atomic mass is 9.82. The molecule has 2 aliphatic heterocycles. The fourth-order valence-electron chi connectivity index (χ4n) is 5.14. The summed E-state index contributed by atoms with van der Waals surface area (Å²) in [5.41, 5.74) is 10.8. The van der Waals surface area contributed by atoms with Gasteiger partial charge in [-0.2, -0.15) is 0 Å². The lowest BCUT2D eigenvalue weighted by Crippen LogP contribution is -2.48. The SMILES string of the molecule is CC(C)(O)COc1ccc2c(c1)/C(=C/CCN1CCC(N)(c3ccc(Cl)cc3)CC1)c1cccnc1CO2. The van der Waals surface area contributed by atoms with Gasteiger partial charge in [-0.1, -0.05) is 35.9 Å². The van der Waals surface area contributed by atoms with Crippen LogP contribution in [0.2, 0.25) is 5.02 Å². The summed E-state index contributed by atoms with van der Waals surface area (Å²) in [4.78, 5) is 7.07. The van der Waals surface area contributed by atoms with E-state index in [1.165, 1.54) is 0 Å². The minimum atomic E-state index is -0.915. The van der Waals surface area contributed by atoms with E-state index in [0.29, 0.717) is 12.4 Å². The van der Waals surface area contributed by atoms with E-state index in [1.807, 2.05) is 36.4 Å². The number of aromatic nitrogens is 1. The third-order valence-electron chi connectivity index (χ3n) is 7.34. The average Bonchev–Trinajstić information content (AvgIpc) is 3.05. The van der Waals surface area contributed by atoms with E-state index < -0.39 is 5.60 Å². The molecule has 5 rings (SSSR count). The predicted octanol–water partition coefficient (Wildman–Crippen LogP) is 5.55. The molecule has 0 aliphatic carbocycles. The molecule has 0 radical (unpaired) electrons. The first-order valence-corrected chi connectivity index (χ1v) is 13.6. The number of fused-ring (bicyclic) bond motifs is 2. The number of nitrogens with two attached hydrogens (primary N) is 1. The van der Waals surface area contributed by atoms with Crippen LogP contribution in [0.15, 0.2) is 66.9 Å². The first-order chi connectivity index (χ1) is 18.2. The molecule has 0 unspecified atom stereocenters. The van der Waals surface area contributed by atoms with Gasteiger partial charge in [-0.05, 0) is 80.6 Å². The van der Waals surface area contributed by atoms with E-state index in [2.05, 4.69) is 34.2 Å². The van der Waals surface area contributed by atoms with E-state index in [-0.39, 0.29) is 12.1 Å². The van der Waals surface area contributed by atoms with E-state index >= 15 is 0 Å². The molecule has 2 aromatic carbocycles. The molecular formula is C31H36ClN3O3. The monoisotopic (exact) mass is 533 g/mol. The molecule has 2 aliphatic rings. The van der Waals surface area contributed by atoms with Gasteiger partial charge < -0.3 is 25.2 Å². The Balaban J connectivity index is 1.32. The van der Waals surface area contributed by atoms with E-state index in [4.69, 9.17) is 26.8 Å². The zero-order chi connectivity index (χ0) is 26.8. The maximum atomic E-state index is 10.1. The lowest BCUT2D eigenvalue weighted by molar-refractivity contribution is 0.0284. The minimum absolute atomic E-state index is 0.206. The molecular weight excluding hydrogens is 498 g/mol. The summed E-state index contributed by atoms with van der Waals surface area (Å²) < 4.78 is 12.0. The molecule has 3 aromatic rings. The summed E-state index contributed by atoms with van der Waals surface area (Å²) in [5.74, 6) is 1.50. The Morgan fingerprint density at radius 3 is 2.63 bits per heavy atom. The van der Waals surface area contributed by atoms with Gasteiger partial charge in [0.15, 0.2) is 0 Å². The fraction of sp³-hybridized carbons (Fsp3) is 0.387. The number of pyridine rings is 1. The van der Waals surface area contributed by atoms with Gasteiger partial charge in [0, 0.05) is 47.5 Å². The number of hydrogen-bond donors (Lipinski definition) is 2. The highest BCUT2D eigenvalue weighted by molar-refractivity contribution is 6.30. The van der Waals surface area contributed by atoms with Gasteiger partial charge in [0.2, 0.25) is 0 Å². The van der Waals surface area contributed by atoms with Crippen LogP contribution in [0.5, 0.6) is 11.5 Å². The number of hydrogen-bond acceptors (Lipinski definition) is 6. The fourth-order valence-corrected chi connectivity index (χ4v) is 5.27. The van der Waals surface area contributed by atoms with Crippen molar-refractivity contribution in [2.24, 2.45) is 5.73 Å². The molecule has 0 bridgehead atoms. The van der Waals surface area contributed by atoms with Gasteiger partial charge in [-0.15, -0.1) is 0 Å². The molecule has 0 saturated carbocycles. The molecule has 7 heteroatoms. The molecule has 3 N–H and O–H groups in total. The number of halogens is 1. The maximum absolute atomic E-state index is 10.1. The van der Waals surface area contributed by atoms with Crippen molar-refractivity contribution in [2.75, 3.05) is 26.2 Å². The molecule has 0 amide bonds. The van der Waals surface area contributed by atoms with Crippen LogP contribution in [0.4, 0.5) is 0 Å². The number of ether oxygens (including phenoxy) is 2. The second kappa shape index (κ2) is 11.1. The van der Waals surface area contributed by atoms with Crippen LogP contribution < -0.4 is 15.2 Å². The Labute approximate surface area is 230 Å². The van der Waals surface area contributed by atoms with Crippen LogP contribution in [0.25, 0.3) is 5.57 Å². The normalized spacial score (nSPS) is 18.3. The van der Waals surface area contributed by atoms with E-state index in [0.717, 1.165) is 77.6 Å². The quantitative estimate of drug-likeness (QED) is 0.414. The molecule has 200 valence electrons.